The van der Waals surface area contributed by atoms with Gasteiger partial charge in [-0.3, -0.25) is 9.59 Å². The first-order chi connectivity index (χ1) is 15.9. The summed E-state index contributed by atoms with van der Waals surface area (Å²) in [5, 5.41) is 11.6. The maximum Gasteiger partial charge on any atom is 0.407 e. The highest BCUT2D eigenvalue weighted by Crippen LogP contribution is 2.44. The Labute approximate surface area is 193 Å². The third-order valence-corrected chi connectivity index (χ3v) is 6.59. The third-order valence-electron chi connectivity index (χ3n) is 6.59. The summed E-state index contributed by atoms with van der Waals surface area (Å²) in [6.45, 7) is 3.25. The zero-order valence-corrected chi connectivity index (χ0v) is 18.8. The summed E-state index contributed by atoms with van der Waals surface area (Å²) in [7, 11) is 0. The fraction of sp³-hybridized carbons (Fsp3) is 0.423. The molecule has 1 saturated heterocycles. The summed E-state index contributed by atoms with van der Waals surface area (Å²) < 4.78 is 5.56. The summed E-state index contributed by atoms with van der Waals surface area (Å²) in [4.78, 5) is 37.5. The zero-order valence-electron chi connectivity index (χ0n) is 18.8. The molecule has 174 valence electrons. The molecule has 1 heterocycles. The Bertz CT molecular complexity index is 991. The summed E-state index contributed by atoms with van der Waals surface area (Å²) in [5.74, 6) is -0.608. The first-order valence-corrected chi connectivity index (χ1v) is 11.5. The normalized spacial score (nSPS) is 17.8. The van der Waals surface area contributed by atoms with E-state index in [1.807, 2.05) is 24.3 Å². The van der Waals surface area contributed by atoms with Crippen LogP contribution in [0.2, 0.25) is 0 Å². The van der Waals surface area contributed by atoms with Crippen LogP contribution in [0.4, 0.5) is 4.79 Å². The highest BCUT2D eigenvalue weighted by atomic mass is 16.5. The molecule has 0 saturated carbocycles. The number of nitrogens with one attached hydrogen (secondary N) is 1. The quantitative estimate of drug-likeness (QED) is 0.633. The van der Waals surface area contributed by atoms with Crippen molar-refractivity contribution in [2.45, 2.75) is 44.6 Å². The van der Waals surface area contributed by atoms with Crippen LogP contribution in [0.25, 0.3) is 11.1 Å². The Kier molecular flexibility index (Phi) is 6.96. The van der Waals surface area contributed by atoms with E-state index in [1.165, 1.54) is 11.1 Å². The van der Waals surface area contributed by atoms with Crippen LogP contribution >= 0.6 is 0 Å². The molecule has 1 aliphatic heterocycles. The fourth-order valence-corrected chi connectivity index (χ4v) is 4.91. The lowest BCUT2D eigenvalue weighted by Crippen LogP contribution is -2.39. The SMILES string of the molecule is C[C@H](CC(=O)N1CCC(CCC(=O)O)C1)NC(=O)OCC1c2ccccc2-c2ccccc21. The molecule has 2 aromatic rings. The van der Waals surface area contributed by atoms with E-state index in [0.29, 0.717) is 19.5 Å². The lowest BCUT2D eigenvalue weighted by molar-refractivity contribution is -0.137. The predicted molar refractivity (Wildman–Crippen MR) is 124 cm³/mol. The van der Waals surface area contributed by atoms with E-state index >= 15 is 0 Å². The van der Waals surface area contributed by atoms with E-state index in [9.17, 15) is 14.4 Å². The number of carboxylic acid groups (broad SMARTS) is 1. The summed E-state index contributed by atoms with van der Waals surface area (Å²) in [6, 6.07) is 16.0. The molecule has 7 heteroatoms. The maximum absolute atomic E-state index is 12.6. The number of hydrogen-bond donors (Lipinski definition) is 2. The van der Waals surface area contributed by atoms with Gasteiger partial charge in [-0.15, -0.1) is 0 Å². The molecule has 2 amide bonds. The minimum atomic E-state index is -0.805. The van der Waals surface area contributed by atoms with Crippen molar-refractivity contribution in [3.63, 3.8) is 0 Å². The number of ether oxygens (including phenoxy) is 1. The zero-order chi connectivity index (χ0) is 23.4. The van der Waals surface area contributed by atoms with Crippen molar-refractivity contribution in [2.75, 3.05) is 19.7 Å². The van der Waals surface area contributed by atoms with Crippen molar-refractivity contribution in [2.24, 2.45) is 5.92 Å². The van der Waals surface area contributed by atoms with Crippen molar-refractivity contribution in [1.82, 2.24) is 10.2 Å². The highest BCUT2D eigenvalue weighted by Gasteiger charge is 2.30. The molecule has 1 unspecified atom stereocenters. The van der Waals surface area contributed by atoms with E-state index in [1.54, 1.807) is 11.8 Å². The van der Waals surface area contributed by atoms with Gasteiger partial charge >= 0.3 is 12.1 Å². The van der Waals surface area contributed by atoms with E-state index in [0.717, 1.165) is 17.5 Å². The number of carbonyl (C=O) groups is 3. The number of carboxylic acids is 1. The van der Waals surface area contributed by atoms with Crippen LogP contribution in [-0.2, 0) is 14.3 Å². The lowest BCUT2D eigenvalue weighted by Gasteiger charge is -2.20. The molecular weight excluding hydrogens is 420 g/mol. The van der Waals surface area contributed by atoms with Crippen LogP contribution in [0, 0.1) is 5.92 Å². The standard InChI is InChI=1S/C26H30N2O5/c1-17(14-24(29)28-13-12-18(15-28)10-11-25(30)31)27-26(32)33-16-23-21-8-4-2-6-19(21)20-7-3-5-9-22(20)23/h2-9,17-18,23H,10-16H2,1H3,(H,27,32)(H,30,31)/t17-,18?/m1/s1. The largest absolute Gasteiger partial charge is 0.481 e. The summed E-state index contributed by atoms with van der Waals surface area (Å²) >= 11 is 0. The van der Waals surface area contributed by atoms with Gasteiger partial charge in [0.05, 0.1) is 0 Å². The van der Waals surface area contributed by atoms with Gasteiger partial charge in [-0.25, -0.2) is 4.79 Å². The maximum atomic E-state index is 12.6. The number of hydrogen-bond acceptors (Lipinski definition) is 4. The minimum Gasteiger partial charge on any atom is -0.481 e. The van der Waals surface area contributed by atoms with E-state index < -0.39 is 12.1 Å². The van der Waals surface area contributed by atoms with E-state index in [-0.39, 0.29) is 43.2 Å². The molecule has 0 radical (unpaired) electrons. The van der Waals surface area contributed by atoms with Gasteiger partial charge < -0.3 is 20.1 Å². The third kappa shape index (κ3) is 5.35. The Morgan fingerprint density at radius 2 is 1.73 bits per heavy atom. The number of nitrogens with zero attached hydrogens (tertiary/aromatic N) is 1. The summed E-state index contributed by atoms with van der Waals surface area (Å²) in [5.41, 5.74) is 4.66. The van der Waals surface area contributed by atoms with Gasteiger partial charge in [0.1, 0.15) is 6.61 Å². The van der Waals surface area contributed by atoms with Crippen molar-refractivity contribution in [3.05, 3.63) is 59.7 Å². The highest BCUT2D eigenvalue weighted by molar-refractivity contribution is 5.79. The molecule has 2 N–H and O–H groups in total. The molecule has 2 aliphatic rings. The van der Waals surface area contributed by atoms with Gasteiger partial charge in [-0.2, -0.15) is 0 Å². The van der Waals surface area contributed by atoms with Crippen LogP contribution in [0.1, 0.15) is 49.7 Å². The van der Waals surface area contributed by atoms with Gasteiger partial charge in [0.25, 0.3) is 0 Å². The Balaban J connectivity index is 1.25. The Morgan fingerprint density at radius 3 is 2.36 bits per heavy atom. The number of carbonyl (C=O) groups excluding carboxylic acids is 2. The number of rotatable bonds is 8. The van der Waals surface area contributed by atoms with Crippen molar-refractivity contribution < 1.29 is 24.2 Å². The number of alkyl carbamates (subject to hydrolysis) is 1. The van der Waals surface area contributed by atoms with Crippen LogP contribution < -0.4 is 5.32 Å². The smallest absolute Gasteiger partial charge is 0.407 e. The van der Waals surface area contributed by atoms with Crippen LogP contribution in [0.5, 0.6) is 0 Å². The average molecular weight is 451 g/mol. The summed E-state index contributed by atoms with van der Waals surface area (Å²) in [6.07, 6.45) is 1.21. The number of aliphatic carboxylic acids is 1. The van der Waals surface area contributed by atoms with Crippen LogP contribution in [-0.4, -0.2) is 53.7 Å². The Morgan fingerprint density at radius 1 is 1.09 bits per heavy atom. The van der Waals surface area contributed by atoms with Gasteiger partial charge in [0.15, 0.2) is 0 Å². The second kappa shape index (κ2) is 10.1. The molecule has 1 fully saturated rings. The van der Waals surface area contributed by atoms with Crippen LogP contribution in [0.3, 0.4) is 0 Å². The Hall–Kier alpha value is -3.35. The molecule has 7 nitrogen and oxygen atoms in total. The van der Waals surface area contributed by atoms with Crippen molar-refractivity contribution in [1.29, 1.82) is 0 Å². The van der Waals surface area contributed by atoms with Gasteiger partial charge in [0, 0.05) is 37.9 Å². The number of amides is 2. The van der Waals surface area contributed by atoms with Crippen LogP contribution in [0.15, 0.2) is 48.5 Å². The minimum absolute atomic E-state index is 0.00702. The lowest BCUT2D eigenvalue weighted by atomic mass is 9.98. The number of fused-ring (bicyclic) bond motifs is 3. The molecule has 0 bridgehead atoms. The number of likely N-dealkylation sites (tertiary alicyclic amines) is 1. The molecule has 0 aromatic heterocycles. The average Bonchev–Trinajstić information content (AvgIpc) is 3.39. The molecule has 2 aromatic carbocycles. The van der Waals surface area contributed by atoms with Gasteiger partial charge in [0.2, 0.25) is 5.91 Å². The molecule has 33 heavy (non-hydrogen) atoms. The number of benzene rings is 2. The monoisotopic (exact) mass is 450 g/mol. The van der Waals surface area contributed by atoms with E-state index in [4.69, 9.17) is 9.84 Å². The van der Waals surface area contributed by atoms with E-state index in [2.05, 4.69) is 29.6 Å². The second-order valence-electron chi connectivity index (χ2n) is 9.00. The second-order valence-corrected chi connectivity index (χ2v) is 9.00. The van der Waals surface area contributed by atoms with Crippen molar-refractivity contribution >= 4 is 18.0 Å². The predicted octanol–water partition coefficient (Wildman–Crippen LogP) is 4.02. The molecule has 2 atom stereocenters. The molecule has 4 rings (SSSR count). The van der Waals surface area contributed by atoms with Gasteiger partial charge in [-0.1, -0.05) is 48.5 Å². The van der Waals surface area contributed by atoms with Gasteiger partial charge in [-0.05, 0) is 47.9 Å². The first kappa shape index (κ1) is 22.8. The topological polar surface area (TPSA) is 95.9 Å². The molecule has 0 spiro atoms. The fourth-order valence-electron chi connectivity index (χ4n) is 4.91. The molecule has 1 aliphatic carbocycles. The first-order valence-electron chi connectivity index (χ1n) is 11.5. The van der Waals surface area contributed by atoms with Crippen molar-refractivity contribution in [3.8, 4) is 11.1 Å². The molecular formula is C26H30N2O5.